The van der Waals surface area contributed by atoms with Gasteiger partial charge in [0.25, 0.3) is 0 Å². The smallest absolute Gasteiger partial charge is 0.186 e. The number of hydrogen-bond acceptors (Lipinski definition) is 2. The van der Waals surface area contributed by atoms with Crippen molar-refractivity contribution in [3.63, 3.8) is 0 Å². The fourth-order valence-electron chi connectivity index (χ4n) is 2.21. The molecule has 7 heteroatoms. The van der Waals surface area contributed by atoms with Gasteiger partial charge in [0.15, 0.2) is 16.2 Å². The van der Waals surface area contributed by atoms with Crippen LogP contribution in [0, 0.1) is 12.7 Å². The van der Waals surface area contributed by atoms with E-state index in [4.69, 9.17) is 16.2 Å². The van der Waals surface area contributed by atoms with E-state index in [2.05, 4.69) is 5.10 Å². The van der Waals surface area contributed by atoms with E-state index in [9.17, 15) is 8.60 Å². The Balaban J connectivity index is 2.10. The van der Waals surface area contributed by atoms with E-state index in [0.717, 1.165) is 5.56 Å². The number of nitrogens with zero attached hydrogens (tertiary/aromatic N) is 2. The molecule has 1 heterocycles. The molecule has 0 saturated heterocycles. The highest BCUT2D eigenvalue weighted by atomic mass is 35.5. The van der Waals surface area contributed by atoms with Gasteiger partial charge in [0.1, 0.15) is 5.82 Å². The summed E-state index contributed by atoms with van der Waals surface area (Å²) in [6.45, 7) is 1.68. The van der Waals surface area contributed by atoms with Gasteiger partial charge in [-0.25, -0.2) is 13.3 Å². The average molecular weight is 351 g/mol. The standard InChI is InChI=1S/C16H12ClFN2O2S/c1-10-2-5-12(8-14(10)18)20-15(9-16(17)19-20)11-3-6-13(7-4-11)23(21)22/h2-9H,1H3,(H,21,22). The van der Waals surface area contributed by atoms with E-state index in [1.807, 2.05) is 0 Å². The van der Waals surface area contributed by atoms with E-state index in [-0.39, 0.29) is 11.0 Å². The molecule has 2 aromatic carbocycles. The third kappa shape index (κ3) is 3.19. The second kappa shape index (κ2) is 6.23. The molecule has 1 aromatic heterocycles. The Labute approximate surface area is 139 Å². The van der Waals surface area contributed by atoms with Gasteiger partial charge in [-0.1, -0.05) is 29.8 Å². The van der Waals surface area contributed by atoms with Gasteiger partial charge in [-0.2, -0.15) is 5.10 Å². The van der Waals surface area contributed by atoms with E-state index in [0.29, 0.717) is 21.8 Å². The zero-order valence-corrected chi connectivity index (χ0v) is 13.6. The van der Waals surface area contributed by atoms with E-state index in [1.165, 1.54) is 10.7 Å². The van der Waals surface area contributed by atoms with Crippen LogP contribution in [0.15, 0.2) is 53.4 Å². The largest absolute Gasteiger partial charge is 0.302 e. The molecule has 0 radical (unpaired) electrons. The van der Waals surface area contributed by atoms with Crippen molar-refractivity contribution in [2.75, 3.05) is 0 Å². The number of halogens is 2. The highest BCUT2D eigenvalue weighted by molar-refractivity contribution is 7.79. The number of aryl methyl sites for hydroxylation is 1. The molecule has 0 spiro atoms. The van der Waals surface area contributed by atoms with Gasteiger partial charge < -0.3 is 4.55 Å². The first-order chi connectivity index (χ1) is 11.0. The molecule has 0 aliphatic rings. The maximum Gasteiger partial charge on any atom is 0.186 e. The topological polar surface area (TPSA) is 55.1 Å². The molecule has 118 valence electrons. The van der Waals surface area contributed by atoms with E-state index >= 15 is 0 Å². The summed E-state index contributed by atoms with van der Waals surface area (Å²) in [5.41, 5.74) is 2.50. The molecule has 0 saturated carbocycles. The van der Waals surface area contributed by atoms with Crippen molar-refractivity contribution in [2.45, 2.75) is 11.8 Å². The van der Waals surface area contributed by atoms with Crippen molar-refractivity contribution in [1.29, 1.82) is 0 Å². The quantitative estimate of drug-likeness (QED) is 0.719. The summed E-state index contributed by atoms with van der Waals surface area (Å²) < 4.78 is 35.5. The van der Waals surface area contributed by atoms with Crippen LogP contribution in [0.5, 0.6) is 0 Å². The van der Waals surface area contributed by atoms with Crippen LogP contribution in [0.1, 0.15) is 5.56 Å². The third-order valence-corrected chi connectivity index (χ3v) is 4.29. The number of hydrogen-bond donors (Lipinski definition) is 1. The van der Waals surface area contributed by atoms with E-state index in [1.54, 1.807) is 49.4 Å². The Bertz CT molecular complexity index is 894. The molecule has 3 aromatic rings. The second-order valence-electron chi connectivity index (χ2n) is 4.97. The molecule has 3 rings (SSSR count). The van der Waals surface area contributed by atoms with Crippen LogP contribution in [0.25, 0.3) is 16.9 Å². The van der Waals surface area contributed by atoms with Crippen LogP contribution in [0.4, 0.5) is 4.39 Å². The molecular formula is C16H12ClFN2O2S. The number of aromatic nitrogens is 2. The maximum absolute atomic E-state index is 13.8. The Morgan fingerprint density at radius 3 is 2.48 bits per heavy atom. The maximum atomic E-state index is 13.8. The Kier molecular flexibility index (Phi) is 4.30. The number of benzene rings is 2. The molecule has 4 nitrogen and oxygen atoms in total. The minimum absolute atomic E-state index is 0.274. The monoisotopic (exact) mass is 350 g/mol. The predicted octanol–water partition coefficient (Wildman–Crippen LogP) is 4.22. The van der Waals surface area contributed by atoms with Crippen molar-refractivity contribution < 1.29 is 13.2 Å². The summed E-state index contributed by atoms with van der Waals surface area (Å²) in [6.07, 6.45) is 0. The van der Waals surface area contributed by atoms with Crippen molar-refractivity contribution in [2.24, 2.45) is 0 Å². The van der Waals surface area contributed by atoms with Crippen LogP contribution in [0.2, 0.25) is 5.15 Å². The van der Waals surface area contributed by atoms with Crippen LogP contribution < -0.4 is 0 Å². The zero-order chi connectivity index (χ0) is 16.6. The average Bonchev–Trinajstić information content (AvgIpc) is 2.92. The van der Waals surface area contributed by atoms with Crippen LogP contribution in [0.3, 0.4) is 0 Å². The minimum Gasteiger partial charge on any atom is -0.302 e. The van der Waals surface area contributed by atoms with Crippen molar-refractivity contribution in [1.82, 2.24) is 9.78 Å². The van der Waals surface area contributed by atoms with Crippen LogP contribution in [-0.2, 0) is 11.1 Å². The second-order valence-corrected chi connectivity index (χ2v) is 6.33. The van der Waals surface area contributed by atoms with E-state index < -0.39 is 11.1 Å². The highest BCUT2D eigenvalue weighted by Crippen LogP contribution is 2.27. The van der Waals surface area contributed by atoms with Gasteiger partial charge in [0.2, 0.25) is 0 Å². The summed E-state index contributed by atoms with van der Waals surface area (Å²) in [7, 11) is 0. The summed E-state index contributed by atoms with van der Waals surface area (Å²) in [6, 6.07) is 12.9. The molecule has 1 atom stereocenters. The Morgan fingerprint density at radius 1 is 1.17 bits per heavy atom. The molecule has 0 aliphatic heterocycles. The number of rotatable bonds is 3. The van der Waals surface area contributed by atoms with Crippen molar-refractivity contribution in [3.8, 4) is 16.9 Å². The zero-order valence-electron chi connectivity index (χ0n) is 12.0. The lowest BCUT2D eigenvalue weighted by atomic mass is 10.1. The summed E-state index contributed by atoms with van der Waals surface area (Å²) >= 11 is 3.97. The SMILES string of the molecule is Cc1ccc(-n2nc(Cl)cc2-c2ccc(S(=O)O)cc2)cc1F. The molecule has 23 heavy (non-hydrogen) atoms. The summed E-state index contributed by atoms with van der Waals surface area (Å²) in [5, 5.41) is 4.47. The van der Waals surface area contributed by atoms with Crippen LogP contribution in [-0.4, -0.2) is 18.5 Å². The van der Waals surface area contributed by atoms with Crippen molar-refractivity contribution in [3.05, 3.63) is 65.1 Å². The van der Waals surface area contributed by atoms with Gasteiger partial charge in [-0.15, -0.1) is 0 Å². The fraction of sp³-hybridized carbons (Fsp3) is 0.0625. The first kappa shape index (κ1) is 15.9. The lowest BCUT2D eigenvalue weighted by Crippen LogP contribution is -2.00. The lowest BCUT2D eigenvalue weighted by Gasteiger charge is -2.09. The summed E-state index contributed by atoms with van der Waals surface area (Å²) in [5.74, 6) is -0.328. The molecule has 1 N–H and O–H groups in total. The summed E-state index contributed by atoms with van der Waals surface area (Å²) in [4.78, 5) is 0.298. The lowest BCUT2D eigenvalue weighted by molar-refractivity contribution is 0.564. The highest BCUT2D eigenvalue weighted by Gasteiger charge is 2.12. The molecular weight excluding hydrogens is 339 g/mol. The molecule has 0 bridgehead atoms. The predicted molar refractivity (Wildman–Crippen MR) is 87.7 cm³/mol. The third-order valence-electron chi connectivity index (χ3n) is 3.43. The molecule has 1 unspecified atom stereocenters. The van der Waals surface area contributed by atoms with Gasteiger partial charge >= 0.3 is 0 Å². The van der Waals surface area contributed by atoms with Gasteiger partial charge in [0, 0.05) is 11.6 Å². The normalized spacial score (nSPS) is 12.3. The molecule has 0 amide bonds. The minimum atomic E-state index is -2.03. The first-order valence-corrected chi connectivity index (χ1v) is 8.17. The molecule has 0 fully saturated rings. The first-order valence-electron chi connectivity index (χ1n) is 6.69. The van der Waals surface area contributed by atoms with Gasteiger partial charge in [-0.3, -0.25) is 0 Å². The molecule has 0 aliphatic carbocycles. The van der Waals surface area contributed by atoms with Gasteiger partial charge in [0.05, 0.1) is 16.3 Å². The Hall–Kier alpha value is -2.02. The van der Waals surface area contributed by atoms with Gasteiger partial charge in [-0.05, 0) is 36.8 Å². The Morgan fingerprint density at radius 2 is 1.87 bits per heavy atom. The fourth-order valence-corrected chi connectivity index (χ4v) is 2.76. The van der Waals surface area contributed by atoms with Crippen molar-refractivity contribution >= 4 is 22.7 Å². The van der Waals surface area contributed by atoms with Crippen LogP contribution >= 0.6 is 11.6 Å².